The van der Waals surface area contributed by atoms with E-state index in [0.717, 1.165) is 16.4 Å². The first-order valence-corrected chi connectivity index (χ1v) is 11.9. The number of methoxy groups -OCH3 is 2. The molecule has 3 aromatic heterocycles. The van der Waals surface area contributed by atoms with Crippen molar-refractivity contribution in [3.8, 4) is 27.9 Å². The molecule has 33 heavy (non-hydrogen) atoms. The normalized spacial score (nSPS) is 11.1. The van der Waals surface area contributed by atoms with E-state index in [-0.39, 0.29) is 5.56 Å². The fraction of sp³-hybridized carbons (Fsp3) is 0.130. The Bertz CT molecular complexity index is 1480. The quantitative estimate of drug-likeness (QED) is 0.344. The van der Waals surface area contributed by atoms with Crippen LogP contribution >= 0.6 is 23.1 Å². The number of hydrogen-bond acceptors (Lipinski definition) is 8. The van der Waals surface area contributed by atoms with Gasteiger partial charge in [0, 0.05) is 0 Å². The lowest BCUT2D eigenvalue weighted by Crippen LogP contribution is -2.12. The Balaban J connectivity index is 1.55. The summed E-state index contributed by atoms with van der Waals surface area (Å²) >= 11 is 3.01. The predicted molar refractivity (Wildman–Crippen MR) is 130 cm³/mol. The van der Waals surface area contributed by atoms with Crippen LogP contribution in [0.1, 0.15) is 5.82 Å². The zero-order valence-corrected chi connectivity index (χ0v) is 19.4. The largest absolute Gasteiger partial charge is 0.495 e. The minimum absolute atomic E-state index is 0.208. The highest BCUT2D eigenvalue weighted by atomic mass is 32.2. The summed E-state index contributed by atoms with van der Waals surface area (Å²) in [5.41, 5.74) is 1.15. The minimum Gasteiger partial charge on any atom is -0.495 e. The summed E-state index contributed by atoms with van der Waals surface area (Å²) in [6, 6.07) is 17.0. The topological polar surface area (TPSA) is 94.9 Å². The van der Waals surface area contributed by atoms with E-state index in [4.69, 9.17) is 9.47 Å². The molecule has 0 amide bonds. The number of ether oxygens (including phenoxy) is 2. The van der Waals surface area contributed by atoms with E-state index >= 15 is 0 Å². The van der Waals surface area contributed by atoms with E-state index in [1.54, 1.807) is 43.8 Å². The average Bonchev–Trinajstić information content (AvgIpc) is 3.52. The molecule has 0 aliphatic rings. The summed E-state index contributed by atoms with van der Waals surface area (Å²) in [5, 5.41) is 12.0. The van der Waals surface area contributed by atoms with Crippen molar-refractivity contribution in [1.29, 1.82) is 0 Å². The van der Waals surface area contributed by atoms with Gasteiger partial charge in [-0.15, -0.1) is 21.5 Å². The number of thioether (sulfide) groups is 1. The Morgan fingerprint density at radius 3 is 2.61 bits per heavy atom. The fourth-order valence-corrected chi connectivity index (χ4v) is 5.02. The molecule has 166 valence electrons. The number of H-pyrrole nitrogens is 1. The second-order valence-corrected chi connectivity index (χ2v) is 8.84. The first-order valence-electron chi connectivity index (χ1n) is 10.0. The Morgan fingerprint density at radius 1 is 1.00 bits per heavy atom. The number of benzene rings is 2. The fourth-order valence-electron chi connectivity index (χ4n) is 3.51. The third kappa shape index (κ3) is 3.98. The van der Waals surface area contributed by atoms with Crippen LogP contribution in [0.4, 0.5) is 0 Å². The number of thiophene rings is 1. The second kappa shape index (κ2) is 9.08. The molecule has 5 rings (SSSR count). The van der Waals surface area contributed by atoms with Crippen LogP contribution in [0.2, 0.25) is 0 Å². The van der Waals surface area contributed by atoms with Crippen LogP contribution in [-0.4, -0.2) is 39.0 Å². The SMILES string of the molecule is COc1ccccc1-n1c(SCc2nc3c(OC)cccc3c(=O)[nH]2)nnc1-c1cccs1. The molecule has 0 bridgehead atoms. The van der Waals surface area contributed by atoms with Gasteiger partial charge < -0.3 is 14.5 Å². The zero-order valence-electron chi connectivity index (χ0n) is 17.8. The van der Waals surface area contributed by atoms with Gasteiger partial charge in [0.05, 0.1) is 35.9 Å². The molecule has 0 radical (unpaired) electrons. The van der Waals surface area contributed by atoms with Gasteiger partial charge in [0.15, 0.2) is 11.0 Å². The van der Waals surface area contributed by atoms with Gasteiger partial charge >= 0.3 is 0 Å². The van der Waals surface area contributed by atoms with E-state index < -0.39 is 0 Å². The standard InChI is InChI=1S/C23H19N5O3S2/c1-30-16-9-4-3-8-15(16)28-21(18-11-6-12-32-18)26-27-23(28)33-13-19-24-20-14(22(29)25-19)7-5-10-17(20)31-2/h3-12H,13H2,1-2H3,(H,24,25,29). The number of fused-ring (bicyclic) bond motifs is 1. The van der Waals surface area contributed by atoms with Gasteiger partial charge in [0.1, 0.15) is 22.8 Å². The van der Waals surface area contributed by atoms with Gasteiger partial charge in [0.25, 0.3) is 5.56 Å². The molecule has 0 fully saturated rings. The highest BCUT2D eigenvalue weighted by Gasteiger charge is 2.20. The van der Waals surface area contributed by atoms with Crippen molar-refractivity contribution < 1.29 is 9.47 Å². The number of aromatic nitrogens is 5. The summed E-state index contributed by atoms with van der Waals surface area (Å²) in [6.45, 7) is 0. The lowest BCUT2D eigenvalue weighted by Gasteiger charge is -2.13. The van der Waals surface area contributed by atoms with E-state index in [2.05, 4.69) is 20.2 Å². The first kappa shape index (κ1) is 21.2. The summed E-state index contributed by atoms with van der Waals surface area (Å²) < 4.78 is 12.9. The molecular formula is C23H19N5O3S2. The summed E-state index contributed by atoms with van der Waals surface area (Å²) in [6.07, 6.45) is 0. The van der Waals surface area contributed by atoms with E-state index in [9.17, 15) is 4.79 Å². The van der Waals surface area contributed by atoms with Crippen molar-refractivity contribution in [2.75, 3.05) is 14.2 Å². The number of para-hydroxylation sites is 3. The molecule has 2 aromatic carbocycles. The zero-order chi connectivity index (χ0) is 22.8. The van der Waals surface area contributed by atoms with Crippen LogP contribution < -0.4 is 15.0 Å². The Hall–Kier alpha value is -3.63. The maximum atomic E-state index is 12.6. The average molecular weight is 478 g/mol. The molecule has 5 aromatic rings. The van der Waals surface area contributed by atoms with Crippen LogP contribution in [0, 0.1) is 0 Å². The summed E-state index contributed by atoms with van der Waals surface area (Å²) in [7, 11) is 3.20. The third-order valence-corrected chi connectivity index (χ3v) is 6.81. The van der Waals surface area contributed by atoms with Gasteiger partial charge in [0.2, 0.25) is 0 Å². The van der Waals surface area contributed by atoms with E-state index in [1.165, 1.54) is 11.8 Å². The smallest absolute Gasteiger partial charge is 0.258 e. The van der Waals surface area contributed by atoms with Gasteiger partial charge in [-0.25, -0.2) is 4.98 Å². The number of aromatic amines is 1. The van der Waals surface area contributed by atoms with E-state index in [0.29, 0.717) is 39.1 Å². The maximum Gasteiger partial charge on any atom is 0.258 e. The highest BCUT2D eigenvalue weighted by Crippen LogP contribution is 2.34. The highest BCUT2D eigenvalue weighted by molar-refractivity contribution is 7.98. The molecule has 0 saturated heterocycles. The van der Waals surface area contributed by atoms with Crippen molar-refractivity contribution in [2.45, 2.75) is 10.9 Å². The van der Waals surface area contributed by atoms with Crippen LogP contribution in [-0.2, 0) is 5.75 Å². The van der Waals surface area contributed by atoms with Crippen molar-refractivity contribution in [3.05, 3.63) is 76.2 Å². The van der Waals surface area contributed by atoms with Crippen LogP contribution in [0.15, 0.2) is 69.9 Å². The number of rotatable bonds is 7. The molecular weight excluding hydrogens is 458 g/mol. The minimum atomic E-state index is -0.208. The molecule has 8 nitrogen and oxygen atoms in total. The summed E-state index contributed by atoms with van der Waals surface area (Å²) in [5.74, 6) is 2.90. The second-order valence-electron chi connectivity index (χ2n) is 6.95. The van der Waals surface area contributed by atoms with Crippen LogP contribution in [0.3, 0.4) is 0 Å². The number of nitrogens with zero attached hydrogens (tertiary/aromatic N) is 4. The van der Waals surface area contributed by atoms with Crippen molar-refractivity contribution >= 4 is 34.0 Å². The van der Waals surface area contributed by atoms with Crippen LogP contribution in [0.25, 0.3) is 27.3 Å². The lowest BCUT2D eigenvalue weighted by molar-refractivity contribution is 0.412. The molecule has 0 aliphatic carbocycles. The monoisotopic (exact) mass is 477 g/mol. The molecule has 1 N–H and O–H groups in total. The van der Waals surface area contributed by atoms with Gasteiger partial charge in [-0.3, -0.25) is 9.36 Å². The first-order chi connectivity index (χ1) is 16.2. The van der Waals surface area contributed by atoms with Crippen molar-refractivity contribution in [2.24, 2.45) is 0 Å². The lowest BCUT2D eigenvalue weighted by atomic mass is 10.2. The molecule has 0 saturated carbocycles. The number of nitrogens with one attached hydrogen (secondary N) is 1. The third-order valence-electron chi connectivity index (χ3n) is 5.01. The molecule has 10 heteroatoms. The van der Waals surface area contributed by atoms with Crippen LogP contribution in [0.5, 0.6) is 11.5 Å². The molecule has 0 atom stereocenters. The Kier molecular flexibility index (Phi) is 5.84. The van der Waals surface area contributed by atoms with Gasteiger partial charge in [-0.2, -0.15) is 0 Å². The Morgan fingerprint density at radius 2 is 1.82 bits per heavy atom. The van der Waals surface area contributed by atoms with E-state index in [1.807, 2.05) is 46.3 Å². The van der Waals surface area contributed by atoms with Gasteiger partial charge in [-0.1, -0.05) is 36.0 Å². The van der Waals surface area contributed by atoms with Crippen molar-refractivity contribution in [1.82, 2.24) is 24.7 Å². The molecule has 0 aliphatic heterocycles. The number of hydrogen-bond donors (Lipinski definition) is 1. The molecule has 3 heterocycles. The van der Waals surface area contributed by atoms with Gasteiger partial charge in [-0.05, 0) is 35.7 Å². The molecule has 0 unspecified atom stereocenters. The Labute approximate surface area is 197 Å². The molecule has 0 spiro atoms. The summed E-state index contributed by atoms with van der Waals surface area (Å²) in [4.78, 5) is 21.1. The maximum absolute atomic E-state index is 12.6. The van der Waals surface area contributed by atoms with Crippen molar-refractivity contribution in [3.63, 3.8) is 0 Å². The predicted octanol–water partition coefficient (Wildman–Crippen LogP) is 4.54.